The van der Waals surface area contributed by atoms with Gasteiger partial charge in [0.1, 0.15) is 12.4 Å². The number of ether oxygens (including phenoxy) is 1. The fraction of sp³-hybridized carbons (Fsp3) is 0.167. The summed E-state index contributed by atoms with van der Waals surface area (Å²) in [6, 6.07) is 6.72. The van der Waals surface area contributed by atoms with Crippen molar-refractivity contribution in [3.63, 3.8) is 0 Å². The van der Waals surface area contributed by atoms with Crippen molar-refractivity contribution in [3.05, 3.63) is 35.5 Å². The number of carbonyl (C=O) groups is 1. The fourth-order valence-corrected chi connectivity index (χ4v) is 4.76. The SMILES string of the molecule is O=C(O)c1ncsc1S(=O)(=O)N1CCOc2ccccc21. The first-order valence-corrected chi connectivity index (χ1v) is 8.25. The van der Waals surface area contributed by atoms with Crippen LogP contribution in [0.4, 0.5) is 5.69 Å². The molecule has 1 aliphatic rings. The fourth-order valence-electron chi connectivity index (χ4n) is 2.05. The molecule has 9 heteroatoms. The van der Waals surface area contributed by atoms with E-state index in [0.29, 0.717) is 11.4 Å². The summed E-state index contributed by atoms with van der Waals surface area (Å²) in [5.41, 5.74) is 1.15. The molecule has 0 atom stereocenters. The van der Waals surface area contributed by atoms with E-state index in [1.807, 2.05) is 0 Å². The van der Waals surface area contributed by atoms with Gasteiger partial charge < -0.3 is 9.84 Å². The van der Waals surface area contributed by atoms with E-state index in [1.54, 1.807) is 24.3 Å². The first-order chi connectivity index (χ1) is 10.0. The highest BCUT2D eigenvalue weighted by Crippen LogP contribution is 2.36. The van der Waals surface area contributed by atoms with Crippen molar-refractivity contribution >= 4 is 33.0 Å². The van der Waals surface area contributed by atoms with E-state index in [4.69, 9.17) is 9.84 Å². The lowest BCUT2D eigenvalue weighted by atomic mass is 10.2. The minimum absolute atomic E-state index is 0.121. The summed E-state index contributed by atoms with van der Waals surface area (Å²) in [6.45, 7) is 0.327. The molecule has 0 bridgehead atoms. The van der Waals surface area contributed by atoms with Crippen LogP contribution in [0, 0.1) is 0 Å². The average Bonchev–Trinajstić information content (AvgIpc) is 2.97. The Morgan fingerprint density at radius 2 is 2.14 bits per heavy atom. The van der Waals surface area contributed by atoms with Gasteiger partial charge in [0.2, 0.25) is 0 Å². The van der Waals surface area contributed by atoms with Gasteiger partial charge in [0.15, 0.2) is 9.90 Å². The molecule has 7 nitrogen and oxygen atoms in total. The maximum Gasteiger partial charge on any atom is 0.356 e. The van der Waals surface area contributed by atoms with Gasteiger partial charge in [-0.25, -0.2) is 18.2 Å². The van der Waals surface area contributed by atoms with Gasteiger partial charge in [0.05, 0.1) is 17.7 Å². The lowest BCUT2D eigenvalue weighted by Gasteiger charge is -2.29. The molecular weight excluding hydrogens is 316 g/mol. The molecule has 2 heterocycles. The number of aromatic nitrogens is 1. The molecule has 0 radical (unpaired) electrons. The van der Waals surface area contributed by atoms with E-state index in [9.17, 15) is 13.2 Å². The molecule has 0 aliphatic carbocycles. The average molecular weight is 326 g/mol. The molecule has 3 rings (SSSR count). The summed E-state index contributed by atoms with van der Waals surface area (Å²) in [4.78, 5) is 14.7. The second-order valence-electron chi connectivity index (χ2n) is 4.19. The largest absolute Gasteiger partial charge is 0.489 e. The molecule has 2 aromatic rings. The van der Waals surface area contributed by atoms with Gasteiger partial charge in [-0.2, -0.15) is 0 Å². The Bertz CT molecular complexity index is 799. The summed E-state index contributed by atoms with van der Waals surface area (Å²) in [5, 5.41) is 9.05. The highest BCUT2D eigenvalue weighted by Gasteiger charge is 2.34. The normalized spacial score (nSPS) is 14.4. The number of nitrogens with zero attached hydrogens (tertiary/aromatic N) is 2. The van der Waals surface area contributed by atoms with Gasteiger partial charge >= 0.3 is 5.97 Å². The first kappa shape index (κ1) is 13.8. The van der Waals surface area contributed by atoms with E-state index >= 15 is 0 Å². The van der Waals surface area contributed by atoms with Gasteiger partial charge in [0, 0.05) is 0 Å². The van der Waals surface area contributed by atoms with Crippen LogP contribution in [-0.2, 0) is 10.0 Å². The van der Waals surface area contributed by atoms with Crippen molar-refractivity contribution in [2.24, 2.45) is 0 Å². The van der Waals surface area contributed by atoms with E-state index in [2.05, 4.69) is 4.98 Å². The minimum Gasteiger partial charge on any atom is -0.489 e. The molecule has 0 unspecified atom stereocenters. The van der Waals surface area contributed by atoms with Crippen molar-refractivity contribution in [1.29, 1.82) is 0 Å². The van der Waals surface area contributed by atoms with Crippen LogP contribution < -0.4 is 9.04 Å². The van der Waals surface area contributed by atoms with Crippen LogP contribution in [-0.4, -0.2) is 37.6 Å². The quantitative estimate of drug-likeness (QED) is 0.916. The van der Waals surface area contributed by atoms with Crippen LogP contribution in [0.1, 0.15) is 10.5 Å². The molecule has 0 amide bonds. The standard InChI is InChI=1S/C12H10N2O5S2/c15-11(16)10-12(20-7-13-10)21(17,18)14-5-6-19-9-4-2-1-3-8(9)14/h1-4,7H,5-6H2,(H,15,16). The van der Waals surface area contributed by atoms with Crippen molar-refractivity contribution < 1.29 is 23.1 Å². The molecular formula is C12H10N2O5S2. The van der Waals surface area contributed by atoms with Crippen molar-refractivity contribution in [3.8, 4) is 5.75 Å². The second-order valence-corrected chi connectivity index (χ2v) is 7.10. The molecule has 1 aromatic carbocycles. The number of rotatable bonds is 3. The van der Waals surface area contributed by atoms with Crippen LogP contribution in [0.15, 0.2) is 34.0 Å². The summed E-state index contributed by atoms with van der Waals surface area (Å²) in [7, 11) is -3.98. The smallest absolute Gasteiger partial charge is 0.356 e. The Hall–Kier alpha value is -2.13. The predicted octanol–water partition coefficient (Wildman–Crippen LogP) is 1.43. The third-order valence-electron chi connectivity index (χ3n) is 2.95. The topological polar surface area (TPSA) is 96.8 Å². The van der Waals surface area contributed by atoms with Gasteiger partial charge in [-0.15, -0.1) is 11.3 Å². The number of para-hydroxylation sites is 2. The van der Waals surface area contributed by atoms with Gasteiger partial charge in [0.25, 0.3) is 10.0 Å². The number of aromatic carboxylic acids is 1. The zero-order valence-corrected chi connectivity index (χ0v) is 12.2. The Labute approximate surface area is 124 Å². The third kappa shape index (κ3) is 2.24. The Kier molecular flexibility index (Phi) is 3.30. The molecule has 21 heavy (non-hydrogen) atoms. The molecule has 1 aromatic heterocycles. The number of hydrogen-bond acceptors (Lipinski definition) is 6. The number of anilines is 1. The van der Waals surface area contributed by atoms with Crippen molar-refractivity contribution in [1.82, 2.24) is 4.98 Å². The molecule has 1 N–H and O–H groups in total. The summed E-state index contributed by atoms with van der Waals surface area (Å²) in [6.07, 6.45) is 0. The summed E-state index contributed by atoms with van der Waals surface area (Å²) in [5.74, 6) is -0.912. The molecule has 0 spiro atoms. The summed E-state index contributed by atoms with van der Waals surface area (Å²) >= 11 is 0.791. The van der Waals surface area contributed by atoms with E-state index in [-0.39, 0.29) is 17.4 Å². The number of carboxylic acids is 1. The van der Waals surface area contributed by atoms with E-state index < -0.39 is 21.7 Å². The van der Waals surface area contributed by atoms with E-state index in [1.165, 1.54) is 5.51 Å². The Balaban J connectivity index is 2.12. The monoisotopic (exact) mass is 326 g/mol. The maximum absolute atomic E-state index is 12.7. The van der Waals surface area contributed by atoms with Crippen molar-refractivity contribution in [2.75, 3.05) is 17.5 Å². The molecule has 110 valence electrons. The van der Waals surface area contributed by atoms with E-state index in [0.717, 1.165) is 15.6 Å². The number of thiazole rings is 1. The number of fused-ring (bicyclic) bond motifs is 1. The first-order valence-electron chi connectivity index (χ1n) is 5.93. The zero-order chi connectivity index (χ0) is 15.0. The zero-order valence-electron chi connectivity index (χ0n) is 10.6. The van der Waals surface area contributed by atoms with Gasteiger partial charge in [-0.3, -0.25) is 4.31 Å². The number of sulfonamides is 1. The number of carboxylic acid groups (broad SMARTS) is 1. The van der Waals surface area contributed by atoms with Crippen LogP contribution in [0.2, 0.25) is 0 Å². The molecule has 1 aliphatic heterocycles. The lowest BCUT2D eigenvalue weighted by Crippen LogP contribution is -2.38. The molecule has 0 saturated carbocycles. The van der Waals surface area contributed by atoms with Crippen LogP contribution in [0.3, 0.4) is 0 Å². The highest BCUT2D eigenvalue weighted by atomic mass is 32.2. The maximum atomic E-state index is 12.7. The second kappa shape index (κ2) is 5.01. The number of hydrogen-bond donors (Lipinski definition) is 1. The van der Waals surface area contributed by atoms with Crippen LogP contribution in [0.25, 0.3) is 0 Å². The summed E-state index contributed by atoms with van der Waals surface area (Å²) < 4.78 is 31.7. The lowest BCUT2D eigenvalue weighted by molar-refractivity contribution is 0.0687. The van der Waals surface area contributed by atoms with Crippen molar-refractivity contribution in [2.45, 2.75) is 4.21 Å². The Morgan fingerprint density at radius 1 is 1.38 bits per heavy atom. The predicted molar refractivity (Wildman–Crippen MR) is 75.5 cm³/mol. The highest BCUT2D eigenvalue weighted by molar-refractivity contribution is 7.94. The number of benzene rings is 1. The minimum atomic E-state index is -3.98. The Morgan fingerprint density at radius 3 is 2.90 bits per heavy atom. The van der Waals surface area contributed by atoms with Crippen LogP contribution >= 0.6 is 11.3 Å². The molecule has 0 fully saturated rings. The van der Waals surface area contributed by atoms with Gasteiger partial charge in [-0.1, -0.05) is 12.1 Å². The third-order valence-corrected chi connectivity index (χ3v) is 6.11. The molecule has 0 saturated heterocycles. The van der Waals surface area contributed by atoms with Crippen LogP contribution in [0.5, 0.6) is 5.75 Å². The van der Waals surface area contributed by atoms with Gasteiger partial charge in [-0.05, 0) is 12.1 Å².